The first kappa shape index (κ1) is 10.8. The summed E-state index contributed by atoms with van der Waals surface area (Å²) in [6.07, 6.45) is 1.76. The van der Waals surface area contributed by atoms with Crippen LogP contribution in [0.1, 0.15) is 17.2 Å². The van der Waals surface area contributed by atoms with Crippen molar-refractivity contribution >= 4 is 0 Å². The van der Waals surface area contributed by atoms with Crippen LogP contribution in [0, 0.1) is 11.6 Å². The van der Waals surface area contributed by atoms with E-state index in [2.05, 4.69) is 5.10 Å². The molecule has 0 amide bonds. The summed E-state index contributed by atoms with van der Waals surface area (Å²) in [5.41, 5.74) is 0.333. The Morgan fingerprint density at radius 1 is 1.38 bits per heavy atom. The monoisotopic (exact) mass is 224 g/mol. The lowest BCUT2D eigenvalue weighted by Crippen LogP contribution is -2.03. The summed E-state index contributed by atoms with van der Waals surface area (Å²) >= 11 is 0. The van der Waals surface area contributed by atoms with Crippen LogP contribution in [0.15, 0.2) is 30.6 Å². The van der Waals surface area contributed by atoms with Crippen molar-refractivity contribution in [2.75, 3.05) is 0 Å². The highest BCUT2D eigenvalue weighted by molar-refractivity contribution is 5.28. The number of nitrogens with zero attached hydrogens (tertiary/aromatic N) is 2. The van der Waals surface area contributed by atoms with Crippen LogP contribution in [0.3, 0.4) is 0 Å². The molecule has 0 aliphatic heterocycles. The molecular formula is C11H10F2N2O. The second kappa shape index (κ2) is 4.02. The summed E-state index contributed by atoms with van der Waals surface area (Å²) in [5.74, 6) is -2.00. The Morgan fingerprint density at radius 2 is 2.12 bits per heavy atom. The third-order valence-corrected chi connectivity index (χ3v) is 2.32. The van der Waals surface area contributed by atoms with Crippen molar-refractivity contribution in [3.05, 3.63) is 53.4 Å². The van der Waals surface area contributed by atoms with Crippen LogP contribution in [0.5, 0.6) is 0 Å². The van der Waals surface area contributed by atoms with Crippen molar-refractivity contribution in [3.8, 4) is 0 Å². The van der Waals surface area contributed by atoms with E-state index in [9.17, 15) is 13.9 Å². The van der Waals surface area contributed by atoms with Gasteiger partial charge in [0.25, 0.3) is 0 Å². The third kappa shape index (κ3) is 1.81. The first-order valence-corrected chi connectivity index (χ1v) is 4.70. The molecule has 0 saturated heterocycles. The van der Waals surface area contributed by atoms with E-state index >= 15 is 0 Å². The summed E-state index contributed by atoms with van der Waals surface area (Å²) in [5, 5.41) is 13.7. The highest BCUT2D eigenvalue weighted by Gasteiger charge is 2.18. The van der Waals surface area contributed by atoms with E-state index in [0.717, 1.165) is 6.07 Å². The van der Waals surface area contributed by atoms with Gasteiger partial charge in [0.15, 0.2) is 11.6 Å². The van der Waals surface area contributed by atoms with Gasteiger partial charge in [0.05, 0.1) is 6.20 Å². The van der Waals surface area contributed by atoms with Gasteiger partial charge >= 0.3 is 0 Å². The Balaban J connectivity index is 2.41. The lowest BCUT2D eigenvalue weighted by atomic mass is 10.0. The average Bonchev–Trinajstić information content (AvgIpc) is 2.68. The molecule has 3 nitrogen and oxygen atoms in total. The number of benzene rings is 1. The zero-order chi connectivity index (χ0) is 11.7. The molecule has 0 saturated carbocycles. The second-order valence-corrected chi connectivity index (χ2v) is 3.49. The van der Waals surface area contributed by atoms with Gasteiger partial charge in [-0.3, -0.25) is 4.68 Å². The number of halogens is 2. The lowest BCUT2D eigenvalue weighted by molar-refractivity contribution is 0.213. The second-order valence-electron chi connectivity index (χ2n) is 3.49. The molecule has 5 heteroatoms. The van der Waals surface area contributed by atoms with Crippen LogP contribution in [-0.4, -0.2) is 14.9 Å². The molecule has 16 heavy (non-hydrogen) atoms. The number of rotatable bonds is 2. The normalized spacial score (nSPS) is 12.8. The van der Waals surface area contributed by atoms with Gasteiger partial charge in [-0.1, -0.05) is 12.1 Å². The maximum absolute atomic E-state index is 13.4. The Morgan fingerprint density at radius 3 is 2.75 bits per heavy atom. The molecule has 2 rings (SSSR count). The van der Waals surface area contributed by atoms with Crippen LogP contribution in [0.25, 0.3) is 0 Å². The van der Waals surface area contributed by atoms with Crippen LogP contribution in [-0.2, 0) is 7.05 Å². The zero-order valence-corrected chi connectivity index (χ0v) is 8.56. The summed E-state index contributed by atoms with van der Waals surface area (Å²) in [4.78, 5) is 0. The largest absolute Gasteiger partial charge is 0.383 e. The van der Waals surface area contributed by atoms with Crippen molar-refractivity contribution in [2.24, 2.45) is 7.05 Å². The number of aliphatic hydroxyl groups is 1. The van der Waals surface area contributed by atoms with Gasteiger partial charge in [-0.15, -0.1) is 0 Å². The Labute approximate surface area is 91.0 Å². The molecule has 1 aromatic heterocycles. The van der Waals surface area contributed by atoms with Gasteiger partial charge in [-0.2, -0.15) is 5.10 Å². The topological polar surface area (TPSA) is 38.0 Å². The maximum Gasteiger partial charge on any atom is 0.164 e. The molecule has 0 aliphatic rings. The van der Waals surface area contributed by atoms with Gasteiger partial charge in [-0.25, -0.2) is 8.78 Å². The molecule has 2 aromatic rings. The van der Waals surface area contributed by atoms with Gasteiger partial charge in [-0.05, 0) is 6.07 Å². The fraction of sp³-hybridized carbons (Fsp3) is 0.182. The number of hydrogen-bond acceptors (Lipinski definition) is 2. The fourth-order valence-corrected chi connectivity index (χ4v) is 1.49. The van der Waals surface area contributed by atoms with Crippen molar-refractivity contribution in [1.29, 1.82) is 0 Å². The Bertz CT molecular complexity index is 510. The van der Waals surface area contributed by atoms with E-state index in [4.69, 9.17) is 0 Å². The molecule has 0 spiro atoms. The minimum absolute atomic E-state index is 0.0898. The van der Waals surface area contributed by atoms with Gasteiger partial charge in [0, 0.05) is 24.4 Å². The molecule has 84 valence electrons. The molecule has 1 unspecified atom stereocenters. The predicted molar refractivity (Wildman–Crippen MR) is 53.6 cm³/mol. The molecule has 0 bridgehead atoms. The number of hydrogen-bond donors (Lipinski definition) is 1. The van der Waals surface area contributed by atoms with Crippen LogP contribution in [0.4, 0.5) is 8.78 Å². The smallest absolute Gasteiger partial charge is 0.164 e. The summed E-state index contributed by atoms with van der Waals surface area (Å²) in [6, 6.07) is 3.71. The van der Waals surface area contributed by atoms with Gasteiger partial charge in [0.1, 0.15) is 6.10 Å². The van der Waals surface area contributed by atoms with E-state index in [0.29, 0.717) is 5.56 Å². The summed E-state index contributed by atoms with van der Waals surface area (Å²) in [6.45, 7) is 0. The number of aryl methyl sites for hydroxylation is 1. The molecule has 1 atom stereocenters. The minimum atomic E-state index is -1.20. The van der Waals surface area contributed by atoms with Gasteiger partial charge in [0.2, 0.25) is 0 Å². The zero-order valence-electron chi connectivity index (χ0n) is 8.56. The summed E-state index contributed by atoms with van der Waals surface area (Å²) in [7, 11) is 1.68. The van der Waals surface area contributed by atoms with E-state index < -0.39 is 17.7 Å². The van der Waals surface area contributed by atoms with E-state index in [1.54, 1.807) is 13.2 Å². The van der Waals surface area contributed by atoms with Crippen molar-refractivity contribution in [1.82, 2.24) is 9.78 Å². The van der Waals surface area contributed by atoms with Crippen molar-refractivity contribution in [3.63, 3.8) is 0 Å². The molecular weight excluding hydrogens is 214 g/mol. The highest BCUT2D eigenvalue weighted by atomic mass is 19.2. The predicted octanol–water partition coefficient (Wildman–Crippen LogP) is 1.78. The molecule has 1 N–H and O–H groups in total. The van der Waals surface area contributed by atoms with E-state index in [1.807, 2.05) is 0 Å². The van der Waals surface area contributed by atoms with Crippen molar-refractivity contribution < 1.29 is 13.9 Å². The van der Waals surface area contributed by atoms with Crippen LogP contribution >= 0.6 is 0 Å². The number of aromatic nitrogens is 2. The van der Waals surface area contributed by atoms with E-state index in [1.165, 1.54) is 23.0 Å². The molecule has 1 heterocycles. The van der Waals surface area contributed by atoms with Gasteiger partial charge < -0.3 is 5.11 Å². The third-order valence-electron chi connectivity index (χ3n) is 2.32. The standard InChI is InChI=1S/C11H10F2N2O/c1-15-6-7(5-14-15)11(16)8-3-2-4-9(12)10(8)13/h2-6,11,16H,1H3. The number of aliphatic hydroxyl groups excluding tert-OH is 1. The SMILES string of the molecule is Cn1cc(C(O)c2cccc(F)c2F)cn1. The Hall–Kier alpha value is -1.75. The quantitative estimate of drug-likeness (QED) is 0.844. The van der Waals surface area contributed by atoms with Crippen LogP contribution < -0.4 is 0 Å². The minimum Gasteiger partial charge on any atom is -0.383 e. The fourth-order valence-electron chi connectivity index (χ4n) is 1.49. The molecule has 1 aromatic carbocycles. The first-order valence-electron chi connectivity index (χ1n) is 4.70. The molecule has 0 radical (unpaired) electrons. The van der Waals surface area contributed by atoms with Crippen LogP contribution in [0.2, 0.25) is 0 Å². The highest BCUT2D eigenvalue weighted by Crippen LogP contribution is 2.24. The molecule has 0 aliphatic carbocycles. The molecule has 0 fully saturated rings. The summed E-state index contributed by atoms with van der Waals surface area (Å²) < 4.78 is 27.8. The lowest BCUT2D eigenvalue weighted by Gasteiger charge is -2.09. The average molecular weight is 224 g/mol. The Kier molecular flexibility index (Phi) is 2.70. The first-order chi connectivity index (χ1) is 7.59. The van der Waals surface area contributed by atoms with E-state index in [-0.39, 0.29) is 5.56 Å². The van der Waals surface area contributed by atoms with Crippen molar-refractivity contribution in [2.45, 2.75) is 6.10 Å². The maximum atomic E-state index is 13.4.